The molecule has 3 aromatic rings. The average molecular weight is 366 g/mol. The van der Waals surface area contributed by atoms with Crippen molar-refractivity contribution in [1.29, 1.82) is 0 Å². The maximum Gasteiger partial charge on any atom is 0.188 e. The summed E-state index contributed by atoms with van der Waals surface area (Å²) in [6.07, 6.45) is 4.55. The number of carbonyl (C=O) groups is 1. The first-order valence-corrected chi connectivity index (χ1v) is 8.71. The maximum atomic E-state index is 13.4. The third-order valence-electron chi connectivity index (χ3n) is 4.78. The molecular formula is C19H19FN6O. The van der Waals surface area contributed by atoms with E-state index >= 15 is 0 Å². The highest BCUT2D eigenvalue weighted by molar-refractivity contribution is 6.06. The number of ketones is 1. The number of rotatable bonds is 5. The molecule has 0 bridgehead atoms. The van der Waals surface area contributed by atoms with Crippen molar-refractivity contribution in [2.45, 2.75) is 39.9 Å². The number of pyridine rings is 1. The highest BCUT2D eigenvalue weighted by Gasteiger charge is 2.21. The SMILES string of the molecule is Cc1[nH]nc(C(=O)Cc2cnc3c(c2)CC(c2cnn(C(C)F)c2)=N3)c1C. The van der Waals surface area contributed by atoms with E-state index in [4.69, 9.17) is 0 Å². The van der Waals surface area contributed by atoms with Crippen LogP contribution >= 0.6 is 0 Å². The number of Topliss-reactive ketones (excluding diaryl/α,β-unsaturated/α-hetero) is 1. The first-order chi connectivity index (χ1) is 12.9. The number of nitrogens with zero attached hydrogens (tertiary/aromatic N) is 5. The van der Waals surface area contributed by atoms with Gasteiger partial charge in [-0.05, 0) is 32.4 Å². The molecule has 7 nitrogen and oxygen atoms in total. The van der Waals surface area contributed by atoms with Gasteiger partial charge in [0.15, 0.2) is 17.9 Å². The summed E-state index contributed by atoms with van der Waals surface area (Å²) in [6, 6.07) is 1.95. The van der Waals surface area contributed by atoms with Crippen LogP contribution in [0.5, 0.6) is 0 Å². The van der Waals surface area contributed by atoms with Crippen LogP contribution in [0.3, 0.4) is 0 Å². The summed E-state index contributed by atoms with van der Waals surface area (Å²) >= 11 is 0. The molecular weight excluding hydrogens is 347 g/mol. The smallest absolute Gasteiger partial charge is 0.188 e. The van der Waals surface area contributed by atoms with Crippen LogP contribution in [0.25, 0.3) is 0 Å². The average Bonchev–Trinajstić information content (AvgIpc) is 3.34. The lowest BCUT2D eigenvalue weighted by Gasteiger charge is -2.03. The van der Waals surface area contributed by atoms with E-state index in [1.54, 1.807) is 18.6 Å². The molecule has 27 heavy (non-hydrogen) atoms. The van der Waals surface area contributed by atoms with E-state index in [1.807, 2.05) is 19.9 Å². The number of aryl methyl sites for hydroxylation is 1. The van der Waals surface area contributed by atoms with Crippen molar-refractivity contribution in [1.82, 2.24) is 25.0 Å². The van der Waals surface area contributed by atoms with E-state index < -0.39 is 6.30 Å². The van der Waals surface area contributed by atoms with Crippen LogP contribution in [0.1, 0.15) is 51.7 Å². The van der Waals surface area contributed by atoms with Crippen molar-refractivity contribution in [3.05, 3.63) is 58.3 Å². The molecule has 1 aliphatic heterocycles. The number of nitrogens with one attached hydrogen (secondary N) is 1. The lowest BCUT2D eigenvalue weighted by atomic mass is 10.0. The highest BCUT2D eigenvalue weighted by Crippen LogP contribution is 2.28. The fourth-order valence-electron chi connectivity index (χ4n) is 3.10. The van der Waals surface area contributed by atoms with Gasteiger partial charge in [0.1, 0.15) is 5.69 Å². The first-order valence-electron chi connectivity index (χ1n) is 8.71. The molecule has 4 rings (SSSR count). The Balaban J connectivity index is 1.51. The number of aromatic amines is 1. The standard InChI is InChI=1S/C19H19FN6O/c1-10-11(2)24-25-18(10)17(27)5-13-4-14-6-16(23-19(14)21-7-13)15-8-22-26(9-15)12(3)20/h4,7-9,12H,5-6H2,1-3H3,(H,24,25). The molecule has 1 aliphatic rings. The minimum absolute atomic E-state index is 0.0454. The van der Waals surface area contributed by atoms with Gasteiger partial charge in [0.2, 0.25) is 0 Å². The van der Waals surface area contributed by atoms with Gasteiger partial charge in [-0.2, -0.15) is 10.2 Å². The van der Waals surface area contributed by atoms with Gasteiger partial charge in [-0.15, -0.1) is 0 Å². The quantitative estimate of drug-likeness (QED) is 0.702. The van der Waals surface area contributed by atoms with Crippen molar-refractivity contribution < 1.29 is 9.18 Å². The number of halogens is 1. The molecule has 0 radical (unpaired) electrons. The lowest BCUT2D eigenvalue weighted by Crippen LogP contribution is -2.07. The summed E-state index contributed by atoms with van der Waals surface area (Å²) in [7, 11) is 0. The molecule has 138 valence electrons. The van der Waals surface area contributed by atoms with E-state index in [-0.39, 0.29) is 12.2 Å². The predicted octanol–water partition coefficient (Wildman–Crippen LogP) is 3.21. The van der Waals surface area contributed by atoms with Crippen LogP contribution in [-0.4, -0.2) is 36.5 Å². The Morgan fingerprint density at radius 1 is 1.37 bits per heavy atom. The summed E-state index contributed by atoms with van der Waals surface area (Å²) < 4.78 is 14.6. The van der Waals surface area contributed by atoms with Crippen LogP contribution in [0.15, 0.2) is 29.6 Å². The molecule has 0 aromatic carbocycles. The van der Waals surface area contributed by atoms with Gasteiger partial charge in [0.25, 0.3) is 0 Å². The van der Waals surface area contributed by atoms with Gasteiger partial charge < -0.3 is 0 Å². The minimum Gasteiger partial charge on any atom is -0.292 e. The largest absolute Gasteiger partial charge is 0.292 e. The van der Waals surface area contributed by atoms with Crippen molar-refractivity contribution >= 4 is 17.3 Å². The second-order valence-corrected chi connectivity index (χ2v) is 6.77. The monoisotopic (exact) mass is 366 g/mol. The van der Waals surface area contributed by atoms with Crippen LogP contribution < -0.4 is 0 Å². The number of alkyl halides is 1. The van der Waals surface area contributed by atoms with Gasteiger partial charge in [-0.25, -0.2) is 19.0 Å². The fourth-order valence-corrected chi connectivity index (χ4v) is 3.10. The van der Waals surface area contributed by atoms with E-state index in [0.29, 0.717) is 17.9 Å². The molecule has 0 fully saturated rings. The van der Waals surface area contributed by atoms with E-state index in [2.05, 4.69) is 25.3 Å². The topological polar surface area (TPSA) is 88.8 Å². The summed E-state index contributed by atoms with van der Waals surface area (Å²) in [6.45, 7) is 5.20. The number of H-pyrrole nitrogens is 1. The number of carbonyl (C=O) groups excluding carboxylic acids is 1. The second kappa shape index (κ2) is 6.53. The zero-order chi connectivity index (χ0) is 19.1. The van der Waals surface area contributed by atoms with Crippen LogP contribution in [0.2, 0.25) is 0 Å². The maximum absolute atomic E-state index is 13.4. The van der Waals surface area contributed by atoms with Gasteiger partial charge in [-0.3, -0.25) is 9.89 Å². The molecule has 3 aromatic heterocycles. The molecule has 0 amide bonds. The summed E-state index contributed by atoms with van der Waals surface area (Å²) in [5.74, 6) is 0.588. The molecule has 0 aliphatic carbocycles. The van der Waals surface area contributed by atoms with E-state index in [1.165, 1.54) is 11.6 Å². The molecule has 0 spiro atoms. The van der Waals surface area contributed by atoms with Gasteiger partial charge in [-0.1, -0.05) is 0 Å². The molecule has 1 atom stereocenters. The Hall–Kier alpha value is -3.16. The molecule has 8 heteroatoms. The molecule has 1 unspecified atom stereocenters. The Labute approximate surface area is 155 Å². The summed E-state index contributed by atoms with van der Waals surface area (Å²) in [5.41, 5.74) is 5.59. The number of aliphatic imine (C=N–C) groups is 1. The zero-order valence-corrected chi connectivity index (χ0v) is 15.3. The highest BCUT2D eigenvalue weighted by atomic mass is 19.1. The first kappa shape index (κ1) is 17.3. The molecule has 1 N–H and O–H groups in total. The van der Waals surface area contributed by atoms with Gasteiger partial charge in [0.05, 0.1) is 11.9 Å². The van der Waals surface area contributed by atoms with E-state index in [0.717, 1.165) is 33.7 Å². The third kappa shape index (κ3) is 3.18. The normalized spacial score (nSPS) is 14.1. The minimum atomic E-state index is -1.19. The number of aromatic nitrogens is 5. The van der Waals surface area contributed by atoms with Crippen LogP contribution in [0, 0.1) is 13.8 Å². The number of hydrogen-bond acceptors (Lipinski definition) is 5. The third-order valence-corrected chi connectivity index (χ3v) is 4.78. The summed E-state index contributed by atoms with van der Waals surface area (Å²) in [5, 5.41) is 10.9. The molecule has 0 saturated heterocycles. The zero-order valence-electron chi connectivity index (χ0n) is 15.3. The Kier molecular flexibility index (Phi) is 4.18. The summed E-state index contributed by atoms with van der Waals surface area (Å²) in [4.78, 5) is 21.4. The van der Waals surface area contributed by atoms with Gasteiger partial charge >= 0.3 is 0 Å². The Morgan fingerprint density at radius 3 is 2.85 bits per heavy atom. The van der Waals surface area contributed by atoms with Crippen molar-refractivity contribution in [2.75, 3.05) is 0 Å². The van der Waals surface area contributed by atoms with Crippen molar-refractivity contribution in [2.24, 2.45) is 4.99 Å². The van der Waals surface area contributed by atoms with Crippen molar-refractivity contribution in [3.63, 3.8) is 0 Å². The van der Waals surface area contributed by atoms with E-state index in [9.17, 15) is 9.18 Å². The van der Waals surface area contributed by atoms with Crippen LogP contribution in [0.4, 0.5) is 10.2 Å². The molecule has 0 saturated carbocycles. The predicted molar refractivity (Wildman–Crippen MR) is 98.3 cm³/mol. The lowest BCUT2D eigenvalue weighted by molar-refractivity contribution is 0.0987. The number of hydrogen-bond donors (Lipinski definition) is 1. The Bertz CT molecular complexity index is 1060. The van der Waals surface area contributed by atoms with Crippen molar-refractivity contribution in [3.8, 4) is 0 Å². The van der Waals surface area contributed by atoms with Gasteiger partial charge in [0, 0.05) is 47.6 Å². The Morgan fingerprint density at radius 2 is 2.19 bits per heavy atom. The second-order valence-electron chi connectivity index (χ2n) is 6.77. The number of fused-ring (bicyclic) bond motifs is 1. The fraction of sp³-hybridized carbons (Fsp3) is 0.316. The molecule has 4 heterocycles. The van der Waals surface area contributed by atoms with Crippen LogP contribution in [-0.2, 0) is 12.8 Å².